The highest BCUT2D eigenvalue weighted by Gasteiger charge is 2.19. The summed E-state index contributed by atoms with van der Waals surface area (Å²) in [4.78, 5) is 35.1. The smallest absolute Gasteiger partial charge is 0.313 e. The van der Waals surface area contributed by atoms with Gasteiger partial charge < -0.3 is 20.9 Å². The first kappa shape index (κ1) is 32.9. The molecule has 3 N–H and O–H groups in total. The maximum Gasteiger partial charge on any atom is 0.313 e. The van der Waals surface area contributed by atoms with E-state index >= 15 is 0 Å². The minimum atomic E-state index is -1.04. The van der Waals surface area contributed by atoms with Gasteiger partial charge in [-0.1, -0.05) is 48.5 Å². The van der Waals surface area contributed by atoms with Gasteiger partial charge in [0.25, 0.3) is 0 Å². The van der Waals surface area contributed by atoms with Gasteiger partial charge in [0, 0.05) is 98.5 Å². The van der Waals surface area contributed by atoms with E-state index in [-0.39, 0.29) is 17.6 Å². The lowest BCUT2D eigenvalue weighted by Crippen LogP contribution is -2.46. The zero-order valence-electron chi connectivity index (χ0n) is 25.5. The first-order chi connectivity index (χ1) is 21.2. The van der Waals surface area contributed by atoms with Gasteiger partial charge in [-0.25, -0.2) is 0 Å². The number of hydrogen-bond donors (Lipinski definition) is 3. The van der Waals surface area contributed by atoms with Gasteiger partial charge in [-0.2, -0.15) is 18.7 Å². The number of rotatable bonds is 9. The predicted molar refractivity (Wildman–Crippen MR) is 166 cm³/mol. The van der Waals surface area contributed by atoms with Crippen LogP contribution in [0.4, 0.5) is 14.6 Å². The normalized spacial score (nSPS) is 15.7. The summed E-state index contributed by atoms with van der Waals surface area (Å²) in [5, 5.41) is 8.93. The molecule has 0 spiro atoms. The Morgan fingerprint density at radius 1 is 0.705 bits per heavy atom. The lowest BCUT2D eigenvalue weighted by molar-refractivity contribution is -0.120. The molecule has 0 atom stereocenters. The van der Waals surface area contributed by atoms with Crippen LogP contribution in [-0.4, -0.2) is 83.9 Å². The van der Waals surface area contributed by atoms with Gasteiger partial charge in [-0.3, -0.25) is 19.4 Å². The lowest BCUT2D eigenvalue weighted by Gasteiger charge is -2.35. The van der Waals surface area contributed by atoms with Crippen molar-refractivity contribution in [3.8, 4) is 0 Å². The molecule has 0 saturated carbocycles. The zero-order valence-corrected chi connectivity index (χ0v) is 25.5. The molecule has 12 heteroatoms. The second-order valence-electron chi connectivity index (χ2n) is 11.1. The molecule has 0 aliphatic carbocycles. The van der Waals surface area contributed by atoms with E-state index < -0.39 is 12.0 Å². The molecule has 236 valence electrons. The average molecular weight is 609 g/mol. The van der Waals surface area contributed by atoms with Crippen molar-refractivity contribution in [3.05, 3.63) is 88.9 Å². The highest BCUT2D eigenvalue weighted by molar-refractivity contribution is 5.73. The summed E-state index contributed by atoms with van der Waals surface area (Å²) in [7, 11) is 0. The summed E-state index contributed by atoms with van der Waals surface area (Å²) in [6.07, 6.45) is -1.04. The van der Waals surface area contributed by atoms with E-state index in [1.807, 2.05) is 17.0 Å². The zero-order chi connectivity index (χ0) is 31.3. The number of hydrogen-bond acceptors (Lipinski definition) is 8. The van der Waals surface area contributed by atoms with Gasteiger partial charge in [0.15, 0.2) is 0 Å². The van der Waals surface area contributed by atoms with Crippen molar-refractivity contribution in [1.29, 1.82) is 0 Å². The Hall–Kier alpha value is -4.00. The van der Waals surface area contributed by atoms with Gasteiger partial charge in [-0.05, 0) is 22.3 Å². The molecule has 2 aliphatic heterocycles. The summed E-state index contributed by atoms with van der Waals surface area (Å²) in [5.41, 5.74) is 4.73. The van der Waals surface area contributed by atoms with Crippen LogP contribution < -0.4 is 20.9 Å². The fourth-order valence-corrected chi connectivity index (χ4v) is 5.04. The van der Waals surface area contributed by atoms with Crippen LogP contribution in [-0.2, 0) is 35.8 Å². The van der Waals surface area contributed by atoms with Gasteiger partial charge in [0.05, 0.1) is 0 Å². The van der Waals surface area contributed by atoms with E-state index in [9.17, 15) is 18.4 Å². The molecule has 0 radical (unpaired) electrons. The van der Waals surface area contributed by atoms with Crippen LogP contribution in [0.5, 0.6) is 0 Å². The third kappa shape index (κ3) is 11.3. The lowest BCUT2D eigenvalue weighted by atomic mass is 10.1. The summed E-state index contributed by atoms with van der Waals surface area (Å²) >= 11 is 0. The van der Waals surface area contributed by atoms with Crippen molar-refractivity contribution in [2.75, 3.05) is 57.3 Å². The second kappa shape index (κ2) is 16.7. The van der Waals surface area contributed by atoms with Crippen LogP contribution in [0.15, 0.2) is 54.6 Å². The summed E-state index contributed by atoms with van der Waals surface area (Å²) in [6.45, 7) is 13.3. The van der Waals surface area contributed by atoms with Crippen molar-refractivity contribution < 1.29 is 18.4 Å². The van der Waals surface area contributed by atoms with Crippen molar-refractivity contribution >= 4 is 17.6 Å². The standard InChI is InChI=1S/C18H21F2N5O.C14H21N3O/c1-13(26)21-11-14-2-4-15(5-3-14)12-24-6-8-25(9-7-24)17-10-16(19)22-18(20)23-17;1-12(18)16-10-13-2-4-14(5-3-13)11-17-8-6-15-7-9-17/h2-5,10H,6-9,11-12H2,1H3,(H,21,26);2-5,15H,6-11H2,1H3,(H,16,18). The Labute approximate surface area is 257 Å². The predicted octanol–water partition coefficient (Wildman–Crippen LogP) is 2.44. The Morgan fingerprint density at radius 3 is 1.61 bits per heavy atom. The number of nitrogens with one attached hydrogen (secondary N) is 3. The summed E-state index contributed by atoms with van der Waals surface area (Å²) in [5.74, 6) is -0.596. The fourth-order valence-electron chi connectivity index (χ4n) is 5.04. The molecule has 3 heterocycles. The first-order valence-electron chi connectivity index (χ1n) is 15.0. The van der Waals surface area contributed by atoms with E-state index in [1.165, 1.54) is 18.1 Å². The fraction of sp³-hybridized carbons (Fsp3) is 0.438. The van der Waals surface area contributed by atoms with Gasteiger partial charge in [0.1, 0.15) is 5.82 Å². The van der Waals surface area contributed by atoms with Crippen molar-refractivity contribution in [1.82, 2.24) is 35.7 Å². The molecule has 10 nitrogen and oxygen atoms in total. The Bertz CT molecular complexity index is 1320. The van der Waals surface area contributed by atoms with Crippen molar-refractivity contribution in [2.24, 2.45) is 0 Å². The molecule has 2 amide bonds. The van der Waals surface area contributed by atoms with Crippen molar-refractivity contribution in [2.45, 2.75) is 40.0 Å². The van der Waals surface area contributed by atoms with E-state index in [4.69, 9.17) is 0 Å². The number of anilines is 1. The van der Waals surface area contributed by atoms with Crippen LogP contribution in [0.1, 0.15) is 36.1 Å². The number of piperazine rings is 2. The molecule has 2 fully saturated rings. The first-order valence-corrected chi connectivity index (χ1v) is 15.0. The molecule has 0 unspecified atom stereocenters. The molecule has 44 heavy (non-hydrogen) atoms. The Morgan fingerprint density at radius 2 is 1.16 bits per heavy atom. The van der Waals surface area contributed by atoms with Crippen LogP contribution in [0.2, 0.25) is 0 Å². The molecule has 3 aromatic rings. The third-order valence-corrected chi connectivity index (χ3v) is 7.50. The molecule has 0 bridgehead atoms. The Balaban J connectivity index is 0.000000215. The maximum atomic E-state index is 13.2. The number of benzene rings is 2. The summed E-state index contributed by atoms with van der Waals surface area (Å²) < 4.78 is 26.4. The SMILES string of the molecule is CC(=O)NCc1ccc(CN2CCN(c3cc(F)nc(F)n3)CC2)cc1.CC(=O)NCc1ccc(CN2CCNCC2)cc1. The molecular weight excluding hydrogens is 566 g/mol. The van der Waals surface area contributed by atoms with Crippen LogP contribution >= 0.6 is 0 Å². The number of aromatic nitrogens is 2. The molecule has 1 aromatic heterocycles. The van der Waals surface area contributed by atoms with Gasteiger partial charge >= 0.3 is 6.08 Å². The van der Waals surface area contributed by atoms with E-state index in [0.717, 1.165) is 69.6 Å². The van der Waals surface area contributed by atoms with Gasteiger partial charge in [-0.15, -0.1) is 0 Å². The quantitative estimate of drug-likeness (QED) is 0.252. The topological polar surface area (TPSA) is 106 Å². The largest absolute Gasteiger partial charge is 0.354 e. The second-order valence-corrected chi connectivity index (χ2v) is 11.1. The molecular formula is C32H42F2N8O2. The van der Waals surface area contributed by atoms with E-state index in [2.05, 4.69) is 72.1 Å². The minimum Gasteiger partial charge on any atom is -0.354 e. The summed E-state index contributed by atoms with van der Waals surface area (Å²) in [6, 6.07) is 17.8. The number of carbonyl (C=O) groups excluding carboxylic acids is 2. The number of nitrogens with zero attached hydrogens (tertiary/aromatic N) is 5. The average Bonchev–Trinajstić information content (AvgIpc) is 3.01. The molecule has 2 aromatic carbocycles. The third-order valence-electron chi connectivity index (χ3n) is 7.50. The minimum absolute atomic E-state index is 0.0138. The van der Waals surface area contributed by atoms with Gasteiger partial charge in [0.2, 0.25) is 17.8 Å². The van der Waals surface area contributed by atoms with E-state index in [0.29, 0.717) is 26.2 Å². The highest BCUT2D eigenvalue weighted by Crippen LogP contribution is 2.16. The Kier molecular flexibility index (Phi) is 12.5. The molecule has 2 aliphatic rings. The number of carbonyl (C=O) groups is 2. The monoisotopic (exact) mass is 608 g/mol. The maximum absolute atomic E-state index is 13.2. The number of amides is 2. The molecule has 2 saturated heterocycles. The highest BCUT2D eigenvalue weighted by atomic mass is 19.1. The van der Waals surface area contributed by atoms with Crippen molar-refractivity contribution in [3.63, 3.8) is 0 Å². The molecule has 5 rings (SSSR count). The van der Waals surface area contributed by atoms with E-state index in [1.54, 1.807) is 6.92 Å². The van der Waals surface area contributed by atoms with Crippen LogP contribution in [0, 0.1) is 12.0 Å². The number of halogens is 2. The van der Waals surface area contributed by atoms with Crippen LogP contribution in [0.25, 0.3) is 0 Å². The van der Waals surface area contributed by atoms with Crippen LogP contribution in [0.3, 0.4) is 0 Å².